The molecule has 2 N–H and O–H groups in total. The molecule has 2 aromatic carbocycles. The summed E-state index contributed by atoms with van der Waals surface area (Å²) >= 11 is 7.14. The number of nitrogens with one attached hydrogen (secondary N) is 2. The molecule has 0 saturated heterocycles. The SMILES string of the molecule is CCOc1cccc(NC(=S)NCCSc2ccc(C)cc2)c1. The van der Waals surface area contributed by atoms with E-state index in [4.69, 9.17) is 17.0 Å². The summed E-state index contributed by atoms with van der Waals surface area (Å²) in [5.41, 5.74) is 2.21. The molecule has 0 heterocycles. The van der Waals surface area contributed by atoms with Crippen LogP contribution in [0.1, 0.15) is 12.5 Å². The minimum absolute atomic E-state index is 0.628. The Morgan fingerprint density at radius 3 is 2.70 bits per heavy atom. The van der Waals surface area contributed by atoms with Gasteiger partial charge in [-0.3, -0.25) is 0 Å². The van der Waals surface area contributed by atoms with Gasteiger partial charge in [-0.2, -0.15) is 0 Å². The van der Waals surface area contributed by atoms with E-state index in [1.165, 1.54) is 10.5 Å². The number of benzene rings is 2. The zero-order valence-corrected chi connectivity index (χ0v) is 15.1. The maximum Gasteiger partial charge on any atom is 0.170 e. The van der Waals surface area contributed by atoms with Gasteiger partial charge in [0.15, 0.2) is 5.11 Å². The highest BCUT2D eigenvalue weighted by molar-refractivity contribution is 7.99. The van der Waals surface area contributed by atoms with E-state index in [1.54, 1.807) is 0 Å². The lowest BCUT2D eigenvalue weighted by molar-refractivity contribution is 0.340. The van der Waals surface area contributed by atoms with Crippen LogP contribution in [0.3, 0.4) is 0 Å². The van der Waals surface area contributed by atoms with Gasteiger partial charge < -0.3 is 15.4 Å². The topological polar surface area (TPSA) is 33.3 Å². The first-order valence-corrected chi connectivity index (χ1v) is 9.04. The van der Waals surface area contributed by atoms with Gasteiger partial charge in [0, 0.05) is 28.9 Å². The van der Waals surface area contributed by atoms with Crippen LogP contribution >= 0.6 is 24.0 Å². The van der Waals surface area contributed by atoms with Crippen LogP contribution in [0.4, 0.5) is 5.69 Å². The summed E-state index contributed by atoms with van der Waals surface area (Å²) in [4.78, 5) is 1.28. The molecule has 0 aromatic heterocycles. The highest BCUT2D eigenvalue weighted by Crippen LogP contribution is 2.18. The fraction of sp³-hybridized carbons (Fsp3) is 0.278. The summed E-state index contributed by atoms with van der Waals surface area (Å²) in [7, 11) is 0. The second-order valence-corrected chi connectivity index (χ2v) is 6.58. The maximum atomic E-state index is 5.48. The molecule has 0 aliphatic carbocycles. The number of rotatable bonds is 7. The molecular formula is C18H22N2OS2. The summed E-state index contributed by atoms with van der Waals surface area (Å²) < 4.78 is 5.48. The molecule has 2 aromatic rings. The summed E-state index contributed by atoms with van der Waals surface area (Å²) in [6.45, 7) is 5.54. The van der Waals surface area contributed by atoms with E-state index >= 15 is 0 Å². The Balaban J connectivity index is 1.70. The van der Waals surface area contributed by atoms with Gasteiger partial charge in [-0.15, -0.1) is 11.8 Å². The van der Waals surface area contributed by atoms with Crippen molar-refractivity contribution >= 4 is 34.8 Å². The Bertz CT molecular complexity index is 629. The number of anilines is 1. The number of ether oxygens (including phenoxy) is 1. The molecular weight excluding hydrogens is 324 g/mol. The molecule has 2 rings (SSSR count). The first-order chi connectivity index (χ1) is 11.2. The van der Waals surface area contributed by atoms with Crippen molar-refractivity contribution in [3.8, 4) is 5.75 Å². The molecule has 0 aliphatic rings. The molecule has 0 spiro atoms. The van der Waals surface area contributed by atoms with Gasteiger partial charge in [-0.1, -0.05) is 23.8 Å². The number of thiocarbonyl (C=S) groups is 1. The first kappa shape index (κ1) is 17.6. The summed E-state index contributed by atoms with van der Waals surface area (Å²) in [5.74, 6) is 1.80. The minimum Gasteiger partial charge on any atom is -0.494 e. The van der Waals surface area contributed by atoms with Crippen LogP contribution in [0.2, 0.25) is 0 Å². The fourth-order valence-electron chi connectivity index (χ4n) is 1.97. The van der Waals surface area contributed by atoms with Crippen LogP contribution in [0, 0.1) is 6.92 Å². The second-order valence-electron chi connectivity index (χ2n) is 5.00. The number of aryl methyl sites for hydroxylation is 1. The average Bonchev–Trinajstić information content (AvgIpc) is 2.54. The van der Waals surface area contributed by atoms with E-state index in [-0.39, 0.29) is 0 Å². The van der Waals surface area contributed by atoms with E-state index in [2.05, 4.69) is 41.8 Å². The van der Waals surface area contributed by atoms with E-state index in [0.717, 1.165) is 23.7 Å². The van der Waals surface area contributed by atoms with Gasteiger partial charge in [0.25, 0.3) is 0 Å². The molecule has 0 atom stereocenters. The van der Waals surface area contributed by atoms with Crippen LogP contribution in [0.15, 0.2) is 53.4 Å². The van der Waals surface area contributed by atoms with E-state index in [0.29, 0.717) is 11.7 Å². The van der Waals surface area contributed by atoms with Crippen molar-refractivity contribution in [2.75, 3.05) is 24.2 Å². The van der Waals surface area contributed by atoms with E-state index in [1.807, 2.05) is 43.0 Å². The van der Waals surface area contributed by atoms with Crippen molar-refractivity contribution in [3.63, 3.8) is 0 Å². The Morgan fingerprint density at radius 1 is 1.17 bits per heavy atom. The van der Waals surface area contributed by atoms with Crippen molar-refractivity contribution in [2.24, 2.45) is 0 Å². The van der Waals surface area contributed by atoms with Crippen LogP contribution in [-0.2, 0) is 0 Å². The fourth-order valence-corrected chi connectivity index (χ4v) is 2.96. The zero-order valence-electron chi connectivity index (χ0n) is 13.5. The normalized spacial score (nSPS) is 10.2. The molecule has 0 radical (unpaired) electrons. The van der Waals surface area contributed by atoms with Crippen molar-refractivity contribution in [2.45, 2.75) is 18.7 Å². The molecule has 0 bridgehead atoms. The monoisotopic (exact) mass is 346 g/mol. The molecule has 5 heteroatoms. The average molecular weight is 347 g/mol. The van der Waals surface area contributed by atoms with Crippen molar-refractivity contribution in [1.82, 2.24) is 5.32 Å². The molecule has 0 aliphatic heterocycles. The quantitative estimate of drug-likeness (QED) is 0.439. The van der Waals surface area contributed by atoms with Crippen LogP contribution in [-0.4, -0.2) is 24.0 Å². The van der Waals surface area contributed by atoms with Gasteiger partial charge in [-0.05, 0) is 50.3 Å². The number of hydrogen-bond donors (Lipinski definition) is 2. The summed E-state index contributed by atoms with van der Waals surface area (Å²) in [6.07, 6.45) is 0. The third-order valence-electron chi connectivity index (χ3n) is 3.08. The van der Waals surface area contributed by atoms with Crippen LogP contribution in [0.5, 0.6) is 5.75 Å². The highest BCUT2D eigenvalue weighted by atomic mass is 32.2. The molecule has 23 heavy (non-hydrogen) atoms. The van der Waals surface area contributed by atoms with Gasteiger partial charge in [-0.25, -0.2) is 0 Å². The van der Waals surface area contributed by atoms with Crippen molar-refractivity contribution in [1.29, 1.82) is 0 Å². The van der Waals surface area contributed by atoms with Gasteiger partial charge in [0.05, 0.1) is 6.61 Å². The molecule has 0 fully saturated rings. The maximum absolute atomic E-state index is 5.48. The molecule has 122 valence electrons. The highest BCUT2D eigenvalue weighted by Gasteiger charge is 2.00. The number of hydrogen-bond acceptors (Lipinski definition) is 3. The summed E-state index contributed by atoms with van der Waals surface area (Å²) in [6, 6.07) is 16.4. The molecule has 0 unspecified atom stereocenters. The first-order valence-electron chi connectivity index (χ1n) is 7.64. The van der Waals surface area contributed by atoms with Gasteiger partial charge >= 0.3 is 0 Å². The third kappa shape index (κ3) is 6.50. The van der Waals surface area contributed by atoms with Crippen molar-refractivity contribution < 1.29 is 4.74 Å². The van der Waals surface area contributed by atoms with Crippen LogP contribution < -0.4 is 15.4 Å². The predicted molar refractivity (Wildman–Crippen MR) is 104 cm³/mol. The Hall–Kier alpha value is -1.72. The second kappa shape index (κ2) is 9.43. The lowest BCUT2D eigenvalue weighted by Crippen LogP contribution is -2.30. The zero-order chi connectivity index (χ0) is 16.5. The molecule has 0 amide bonds. The molecule has 0 saturated carbocycles. The van der Waals surface area contributed by atoms with Crippen LogP contribution in [0.25, 0.3) is 0 Å². The smallest absolute Gasteiger partial charge is 0.170 e. The standard InChI is InChI=1S/C18H22N2OS2/c1-3-21-16-6-4-5-15(13-16)20-18(22)19-11-12-23-17-9-7-14(2)8-10-17/h4-10,13H,3,11-12H2,1-2H3,(H2,19,20,22). The largest absolute Gasteiger partial charge is 0.494 e. The minimum atomic E-state index is 0.628. The van der Waals surface area contributed by atoms with Crippen molar-refractivity contribution in [3.05, 3.63) is 54.1 Å². The predicted octanol–water partition coefficient (Wildman–Crippen LogP) is 4.47. The van der Waals surface area contributed by atoms with E-state index < -0.39 is 0 Å². The van der Waals surface area contributed by atoms with E-state index in [9.17, 15) is 0 Å². The lowest BCUT2D eigenvalue weighted by atomic mass is 10.2. The van der Waals surface area contributed by atoms with Gasteiger partial charge in [0.2, 0.25) is 0 Å². The Kier molecular flexibility index (Phi) is 7.23. The molecule has 3 nitrogen and oxygen atoms in total. The summed E-state index contributed by atoms with van der Waals surface area (Å²) in [5, 5.41) is 7.03. The Labute approximate surface area is 147 Å². The lowest BCUT2D eigenvalue weighted by Gasteiger charge is -2.11. The third-order valence-corrected chi connectivity index (χ3v) is 4.34. The van der Waals surface area contributed by atoms with Gasteiger partial charge in [0.1, 0.15) is 5.75 Å². The Morgan fingerprint density at radius 2 is 1.96 bits per heavy atom. The number of thioether (sulfide) groups is 1.